The molecule has 0 bridgehead atoms. The number of nitrogens with one attached hydrogen (secondary N) is 3. The molecule has 1 aliphatic rings. The number of carbonyl (C=O) groups excluding carboxylic acids is 1. The van der Waals surface area contributed by atoms with E-state index in [2.05, 4.69) is 37.9 Å². The molecule has 1 saturated heterocycles. The number of quaternary nitrogens is 1. The number of H-pyrrole nitrogens is 1. The minimum absolute atomic E-state index is 0.156. The molecule has 1 amide bonds. The number of carbonyl (C=O) groups is 1. The smallest absolute Gasteiger partial charge is 0.410 e. The molecule has 1 fully saturated rings. The van der Waals surface area contributed by atoms with E-state index in [9.17, 15) is 14.9 Å². The summed E-state index contributed by atoms with van der Waals surface area (Å²) in [7, 11) is 0. The highest BCUT2D eigenvalue weighted by atomic mass is 16.6. The van der Waals surface area contributed by atoms with Crippen LogP contribution in [0.3, 0.4) is 0 Å². The highest BCUT2D eigenvalue weighted by Gasteiger charge is 2.41. The van der Waals surface area contributed by atoms with Crippen molar-refractivity contribution in [2.45, 2.75) is 64.3 Å². The van der Waals surface area contributed by atoms with Crippen molar-refractivity contribution in [3.63, 3.8) is 0 Å². The van der Waals surface area contributed by atoms with Gasteiger partial charge in [0.05, 0.1) is 36.3 Å². The van der Waals surface area contributed by atoms with Crippen LogP contribution < -0.4 is 16.2 Å². The Balaban J connectivity index is 1.50. The fraction of sp³-hybridized carbons (Fsp3) is 0.400. The summed E-state index contributed by atoms with van der Waals surface area (Å²) in [5.41, 5.74) is 8.56. The number of rotatable bonds is 10. The third kappa shape index (κ3) is 7.24. The first-order valence-corrected chi connectivity index (χ1v) is 14.7. The van der Waals surface area contributed by atoms with E-state index in [1.165, 1.54) is 6.20 Å². The average Bonchev–Trinajstić information content (AvgIpc) is 3.64. The van der Waals surface area contributed by atoms with Gasteiger partial charge in [-0.15, -0.1) is 5.10 Å². The highest BCUT2D eigenvalue weighted by molar-refractivity contribution is 5.91. The number of nitrogens with two attached hydrogens (primary N) is 1. The molecule has 0 aliphatic carbocycles. The van der Waals surface area contributed by atoms with Crippen LogP contribution in [0.4, 0.5) is 16.3 Å². The van der Waals surface area contributed by atoms with Crippen molar-refractivity contribution in [3.05, 3.63) is 76.7 Å². The Morgan fingerprint density at radius 1 is 1.29 bits per heavy atom. The monoisotopic (exact) mass is 613 g/mol. The predicted molar refractivity (Wildman–Crippen MR) is 164 cm³/mol. The first-order chi connectivity index (χ1) is 21.6. The summed E-state index contributed by atoms with van der Waals surface area (Å²) in [6.07, 6.45) is 8.78. The minimum atomic E-state index is -0.733. The normalized spacial score (nSPS) is 14.8. The number of nitrogens with zero attached hydrogens (tertiary/aromatic N) is 8. The van der Waals surface area contributed by atoms with E-state index in [-0.39, 0.29) is 18.1 Å². The van der Waals surface area contributed by atoms with Gasteiger partial charge in [-0.1, -0.05) is 5.21 Å². The SMILES string of the molecule is CC(C)(C)OC(=O)N1CCC(CC#N)(n2nc(Nc3cc(C[NH2+]/C=C\N=N)cc(Cn4ccnn4)c3)c3c(=O)[nH]ccc32)CC1. The molecule has 4 heterocycles. The summed E-state index contributed by atoms with van der Waals surface area (Å²) >= 11 is 0. The van der Waals surface area contributed by atoms with Crippen LogP contribution in [0.15, 0.2) is 65.2 Å². The van der Waals surface area contributed by atoms with E-state index in [1.54, 1.807) is 45.1 Å². The zero-order chi connectivity index (χ0) is 32.0. The first-order valence-electron chi connectivity index (χ1n) is 14.7. The third-order valence-electron chi connectivity index (χ3n) is 7.59. The van der Waals surface area contributed by atoms with Crippen LogP contribution in [0.1, 0.15) is 51.2 Å². The van der Waals surface area contributed by atoms with Crippen LogP contribution in [0, 0.1) is 16.9 Å². The summed E-state index contributed by atoms with van der Waals surface area (Å²) in [5, 5.41) is 31.7. The number of pyridine rings is 1. The highest BCUT2D eigenvalue weighted by Crippen LogP contribution is 2.38. The van der Waals surface area contributed by atoms with E-state index >= 15 is 0 Å². The van der Waals surface area contributed by atoms with Crippen LogP contribution in [-0.4, -0.2) is 59.4 Å². The summed E-state index contributed by atoms with van der Waals surface area (Å²) in [4.78, 5) is 30.4. The Morgan fingerprint density at radius 3 is 2.76 bits per heavy atom. The van der Waals surface area contributed by atoms with Crippen molar-refractivity contribution in [2.75, 3.05) is 18.4 Å². The number of amides is 1. The van der Waals surface area contributed by atoms with Gasteiger partial charge in [-0.3, -0.25) is 9.48 Å². The van der Waals surface area contributed by atoms with E-state index in [4.69, 9.17) is 15.4 Å². The molecule has 15 nitrogen and oxygen atoms in total. The summed E-state index contributed by atoms with van der Waals surface area (Å²) in [6.45, 7) is 7.32. The van der Waals surface area contributed by atoms with Gasteiger partial charge in [0.25, 0.3) is 5.56 Å². The number of likely N-dealkylation sites (tertiary alicyclic amines) is 1. The fourth-order valence-electron chi connectivity index (χ4n) is 5.56. The van der Waals surface area contributed by atoms with Crippen molar-refractivity contribution >= 4 is 28.5 Å². The number of ether oxygens (including phenoxy) is 1. The second kappa shape index (κ2) is 13.1. The van der Waals surface area contributed by atoms with Crippen molar-refractivity contribution in [3.8, 4) is 6.07 Å². The van der Waals surface area contributed by atoms with Gasteiger partial charge in [0.1, 0.15) is 29.9 Å². The zero-order valence-electron chi connectivity index (χ0n) is 25.5. The Hall–Kier alpha value is -5.36. The molecule has 5 N–H and O–H groups in total. The Kier molecular flexibility index (Phi) is 9.05. The van der Waals surface area contributed by atoms with E-state index in [0.717, 1.165) is 11.1 Å². The molecule has 1 aromatic carbocycles. The lowest BCUT2D eigenvalue weighted by Gasteiger charge is -2.41. The largest absolute Gasteiger partial charge is 0.444 e. The van der Waals surface area contributed by atoms with E-state index in [0.29, 0.717) is 61.4 Å². The second-order valence-corrected chi connectivity index (χ2v) is 12.0. The maximum Gasteiger partial charge on any atom is 0.410 e. The lowest BCUT2D eigenvalue weighted by atomic mass is 9.85. The van der Waals surface area contributed by atoms with Crippen LogP contribution in [0.5, 0.6) is 0 Å². The molecule has 4 aromatic rings. The quantitative estimate of drug-likeness (QED) is 0.195. The second-order valence-electron chi connectivity index (χ2n) is 12.0. The minimum Gasteiger partial charge on any atom is -0.444 e. The van der Waals surface area contributed by atoms with E-state index in [1.807, 2.05) is 38.2 Å². The molecule has 3 aromatic heterocycles. The molecule has 45 heavy (non-hydrogen) atoms. The van der Waals surface area contributed by atoms with Crippen LogP contribution in [0.2, 0.25) is 0 Å². The van der Waals surface area contributed by atoms with Gasteiger partial charge in [0, 0.05) is 36.7 Å². The van der Waals surface area contributed by atoms with Crippen molar-refractivity contribution in [2.24, 2.45) is 5.11 Å². The number of benzene rings is 1. The third-order valence-corrected chi connectivity index (χ3v) is 7.59. The molecule has 0 unspecified atom stereocenters. The molecule has 0 radical (unpaired) electrons. The van der Waals surface area contributed by atoms with Crippen LogP contribution in [0.25, 0.3) is 10.9 Å². The summed E-state index contributed by atoms with van der Waals surface area (Å²) in [5.74, 6) is 0.361. The maximum atomic E-state index is 13.2. The number of piperidine rings is 1. The van der Waals surface area contributed by atoms with E-state index < -0.39 is 11.1 Å². The molecular formula is C30H37N12O3+. The Bertz CT molecular complexity index is 1790. The number of hydrogen-bond donors (Lipinski definition) is 4. The predicted octanol–water partition coefficient (Wildman–Crippen LogP) is 3.31. The lowest BCUT2D eigenvalue weighted by Crippen LogP contribution is -2.76. The van der Waals surface area contributed by atoms with Crippen LogP contribution in [-0.2, 0) is 23.4 Å². The molecule has 0 atom stereocenters. The summed E-state index contributed by atoms with van der Waals surface area (Å²) < 4.78 is 9.08. The number of fused-ring (bicyclic) bond motifs is 1. The molecule has 1 aliphatic heterocycles. The van der Waals surface area contributed by atoms with Gasteiger partial charge in [-0.05, 0) is 63.4 Å². The Labute approximate surface area is 259 Å². The van der Waals surface area contributed by atoms with Gasteiger partial charge < -0.3 is 25.3 Å². The van der Waals surface area contributed by atoms with Gasteiger partial charge in [-0.2, -0.15) is 15.5 Å². The number of hydrogen-bond acceptors (Lipinski definition) is 10. The topological polar surface area (TPSA) is 200 Å². The number of nitriles is 1. The first kappa shape index (κ1) is 31.1. The molecule has 0 spiro atoms. The molecule has 0 saturated carbocycles. The number of anilines is 2. The number of aromatic amines is 1. The molecule has 15 heteroatoms. The van der Waals surface area contributed by atoms with Crippen LogP contribution >= 0.6 is 0 Å². The van der Waals surface area contributed by atoms with Crippen molar-refractivity contribution in [1.82, 2.24) is 34.7 Å². The van der Waals surface area contributed by atoms with Gasteiger partial charge in [0.2, 0.25) is 0 Å². The summed E-state index contributed by atoms with van der Waals surface area (Å²) in [6, 6.07) is 10.1. The average molecular weight is 614 g/mol. The molecule has 5 rings (SSSR count). The molecule has 234 valence electrons. The maximum absolute atomic E-state index is 13.2. The van der Waals surface area contributed by atoms with Gasteiger partial charge in [0.15, 0.2) is 5.82 Å². The van der Waals surface area contributed by atoms with Crippen molar-refractivity contribution < 1.29 is 14.8 Å². The Morgan fingerprint density at radius 2 is 2.07 bits per heavy atom. The standard InChI is InChI=1S/C30H36N12O3/c1-29(2,3)45-28(44)40-13-6-30(5-8-31,7-14-40)42-24-4-9-34-27(43)25(24)26(38-42)37-23-17-21(19-33-10-11-35-32)16-22(18-23)20-41-15-12-36-39-41/h4,9-12,15-18,32-33H,5-7,13-14,19-20H2,1-3H3,(H,34,43)(H,37,38)/p+1/b11-10-,35-32?. The van der Waals surface area contributed by atoms with Gasteiger partial charge >= 0.3 is 6.09 Å². The zero-order valence-corrected chi connectivity index (χ0v) is 25.5. The molecular weight excluding hydrogens is 576 g/mol. The van der Waals surface area contributed by atoms with Gasteiger partial charge in [-0.25, -0.2) is 15.0 Å². The number of aromatic nitrogens is 6. The lowest BCUT2D eigenvalue weighted by molar-refractivity contribution is -0.604. The van der Waals surface area contributed by atoms with Crippen molar-refractivity contribution in [1.29, 1.82) is 10.8 Å². The fourth-order valence-corrected chi connectivity index (χ4v) is 5.56.